The Balaban J connectivity index is 2.25. The Bertz CT molecular complexity index is 668. The molecule has 0 aliphatic carbocycles. The number of hydrogen-bond acceptors (Lipinski definition) is 4. The topological polar surface area (TPSA) is 48.7 Å². The lowest BCUT2D eigenvalue weighted by Crippen LogP contribution is -1.93. The Morgan fingerprint density at radius 3 is 2.89 bits per heavy atom. The van der Waals surface area contributed by atoms with Crippen molar-refractivity contribution in [2.24, 2.45) is 0 Å². The third-order valence-electron chi connectivity index (χ3n) is 2.54. The molecule has 2 aromatic rings. The van der Waals surface area contributed by atoms with E-state index in [4.69, 9.17) is 11.6 Å². The standard InChI is InChI=1S/C14H12ClN3S/c1-9-3-4-12(15)5-13(9)17-7-11(6-16)14-18-10(2)8-19-14/h3-5,7-8,17H,1-2H3/b11-7+. The summed E-state index contributed by atoms with van der Waals surface area (Å²) in [5.41, 5.74) is 3.37. The predicted octanol–water partition coefficient (Wildman–Crippen LogP) is 4.39. The monoisotopic (exact) mass is 289 g/mol. The molecule has 3 nitrogen and oxygen atoms in total. The van der Waals surface area contributed by atoms with E-state index in [1.807, 2.05) is 37.4 Å². The number of anilines is 1. The molecule has 0 aliphatic rings. The normalized spacial score (nSPS) is 11.2. The van der Waals surface area contributed by atoms with Crippen molar-refractivity contribution in [2.45, 2.75) is 13.8 Å². The van der Waals surface area contributed by atoms with E-state index < -0.39 is 0 Å². The van der Waals surface area contributed by atoms with Gasteiger partial charge in [0.15, 0.2) is 0 Å². The minimum absolute atomic E-state index is 0.512. The van der Waals surface area contributed by atoms with Gasteiger partial charge in [0.1, 0.15) is 16.6 Å². The zero-order valence-corrected chi connectivity index (χ0v) is 12.1. The van der Waals surface area contributed by atoms with Crippen LogP contribution in [0.15, 0.2) is 29.8 Å². The lowest BCUT2D eigenvalue weighted by atomic mass is 10.2. The van der Waals surface area contributed by atoms with Crippen LogP contribution in [0, 0.1) is 25.2 Å². The Labute approximate surface area is 121 Å². The fourth-order valence-electron chi connectivity index (χ4n) is 1.52. The largest absolute Gasteiger partial charge is 0.360 e. The number of aromatic nitrogens is 1. The second-order valence-corrected chi connectivity index (χ2v) is 5.36. The molecule has 0 amide bonds. The van der Waals surface area contributed by atoms with Crippen molar-refractivity contribution < 1.29 is 0 Å². The molecule has 1 N–H and O–H groups in total. The van der Waals surface area contributed by atoms with E-state index in [-0.39, 0.29) is 0 Å². The van der Waals surface area contributed by atoms with Crippen molar-refractivity contribution >= 4 is 34.2 Å². The van der Waals surface area contributed by atoms with Crippen molar-refractivity contribution in [2.75, 3.05) is 5.32 Å². The zero-order chi connectivity index (χ0) is 13.8. The van der Waals surface area contributed by atoms with Gasteiger partial charge in [0.25, 0.3) is 0 Å². The Morgan fingerprint density at radius 2 is 2.26 bits per heavy atom. The third kappa shape index (κ3) is 3.34. The molecule has 0 bridgehead atoms. The summed E-state index contributed by atoms with van der Waals surface area (Å²) < 4.78 is 0. The number of rotatable bonds is 3. The van der Waals surface area contributed by atoms with Gasteiger partial charge in [-0.1, -0.05) is 17.7 Å². The van der Waals surface area contributed by atoms with Crippen LogP contribution < -0.4 is 5.32 Å². The van der Waals surface area contributed by atoms with Gasteiger partial charge in [-0.15, -0.1) is 11.3 Å². The Kier molecular flexibility index (Phi) is 4.20. The fraction of sp³-hybridized carbons (Fsp3) is 0.143. The SMILES string of the molecule is Cc1csc(/C(C#N)=C/Nc2cc(Cl)ccc2C)n1. The first-order chi connectivity index (χ1) is 9.10. The van der Waals surface area contributed by atoms with Gasteiger partial charge < -0.3 is 5.32 Å². The van der Waals surface area contributed by atoms with Gasteiger partial charge in [0, 0.05) is 28.0 Å². The second kappa shape index (κ2) is 5.87. The molecule has 19 heavy (non-hydrogen) atoms. The third-order valence-corrected chi connectivity index (χ3v) is 3.77. The number of nitriles is 1. The molecule has 0 atom stereocenters. The van der Waals surface area contributed by atoms with Crippen LogP contribution in [0.1, 0.15) is 16.3 Å². The van der Waals surface area contributed by atoms with E-state index in [1.54, 1.807) is 6.20 Å². The van der Waals surface area contributed by atoms with Crippen molar-refractivity contribution in [1.29, 1.82) is 5.26 Å². The van der Waals surface area contributed by atoms with Crippen LogP contribution in [0.5, 0.6) is 0 Å². The molecule has 1 heterocycles. The Morgan fingerprint density at radius 1 is 1.47 bits per heavy atom. The molecule has 0 unspecified atom stereocenters. The van der Waals surface area contributed by atoms with Gasteiger partial charge in [-0.25, -0.2) is 4.98 Å². The highest BCUT2D eigenvalue weighted by Gasteiger charge is 2.05. The molecular weight excluding hydrogens is 278 g/mol. The number of hydrogen-bond donors (Lipinski definition) is 1. The molecule has 96 valence electrons. The van der Waals surface area contributed by atoms with E-state index in [9.17, 15) is 5.26 Å². The van der Waals surface area contributed by atoms with E-state index >= 15 is 0 Å². The number of allylic oxidation sites excluding steroid dienone is 1. The maximum atomic E-state index is 9.17. The van der Waals surface area contributed by atoms with Crippen molar-refractivity contribution in [3.63, 3.8) is 0 Å². The highest BCUT2D eigenvalue weighted by Crippen LogP contribution is 2.22. The number of aryl methyl sites for hydroxylation is 2. The summed E-state index contributed by atoms with van der Waals surface area (Å²) in [6, 6.07) is 7.74. The van der Waals surface area contributed by atoms with Gasteiger partial charge in [-0.3, -0.25) is 0 Å². The van der Waals surface area contributed by atoms with Crippen LogP contribution in [-0.4, -0.2) is 4.98 Å². The number of nitrogens with one attached hydrogen (secondary N) is 1. The smallest absolute Gasteiger partial charge is 0.135 e. The first-order valence-corrected chi connectivity index (χ1v) is 6.91. The average Bonchev–Trinajstić information content (AvgIpc) is 2.81. The van der Waals surface area contributed by atoms with E-state index in [1.165, 1.54) is 11.3 Å². The molecule has 0 radical (unpaired) electrons. The lowest BCUT2D eigenvalue weighted by molar-refractivity contribution is 1.24. The van der Waals surface area contributed by atoms with E-state index in [2.05, 4.69) is 16.4 Å². The van der Waals surface area contributed by atoms with Crippen LogP contribution in [0.25, 0.3) is 5.57 Å². The summed E-state index contributed by atoms with van der Waals surface area (Å²) in [6.07, 6.45) is 1.66. The maximum Gasteiger partial charge on any atom is 0.135 e. The molecule has 0 saturated carbocycles. The summed E-state index contributed by atoms with van der Waals surface area (Å²) in [6.45, 7) is 3.88. The number of nitrogens with zero attached hydrogens (tertiary/aromatic N) is 2. The van der Waals surface area contributed by atoms with Crippen LogP contribution in [0.3, 0.4) is 0 Å². The summed E-state index contributed by atoms with van der Waals surface area (Å²) in [4.78, 5) is 4.30. The quantitative estimate of drug-likeness (QED) is 0.853. The number of thiazole rings is 1. The van der Waals surface area contributed by atoms with Gasteiger partial charge in [0.05, 0.1) is 0 Å². The lowest BCUT2D eigenvalue weighted by Gasteiger charge is -2.06. The number of benzene rings is 1. The minimum Gasteiger partial charge on any atom is -0.360 e. The highest BCUT2D eigenvalue weighted by atomic mass is 35.5. The van der Waals surface area contributed by atoms with Crippen LogP contribution in [0.2, 0.25) is 5.02 Å². The fourth-order valence-corrected chi connectivity index (χ4v) is 2.45. The summed E-state index contributed by atoms with van der Waals surface area (Å²) in [5.74, 6) is 0. The highest BCUT2D eigenvalue weighted by molar-refractivity contribution is 7.10. The van der Waals surface area contributed by atoms with E-state index in [0.717, 1.165) is 16.9 Å². The molecule has 0 aliphatic heterocycles. The molecule has 0 saturated heterocycles. The molecule has 0 spiro atoms. The average molecular weight is 290 g/mol. The van der Waals surface area contributed by atoms with Crippen molar-refractivity contribution in [1.82, 2.24) is 4.98 Å². The molecule has 0 fully saturated rings. The van der Waals surface area contributed by atoms with Gasteiger partial charge >= 0.3 is 0 Å². The molecule has 5 heteroatoms. The van der Waals surface area contributed by atoms with Gasteiger partial charge in [-0.05, 0) is 31.5 Å². The van der Waals surface area contributed by atoms with Crippen molar-refractivity contribution in [3.05, 3.63) is 51.1 Å². The summed E-state index contributed by atoms with van der Waals surface area (Å²) in [5, 5.41) is 15.6. The zero-order valence-electron chi connectivity index (χ0n) is 10.6. The Hall–Kier alpha value is -1.83. The first-order valence-electron chi connectivity index (χ1n) is 5.65. The van der Waals surface area contributed by atoms with E-state index in [0.29, 0.717) is 15.6 Å². The molecular formula is C14H12ClN3S. The van der Waals surface area contributed by atoms with Crippen LogP contribution in [-0.2, 0) is 0 Å². The second-order valence-electron chi connectivity index (χ2n) is 4.07. The number of halogens is 1. The summed E-state index contributed by atoms with van der Waals surface area (Å²) in [7, 11) is 0. The minimum atomic E-state index is 0.512. The molecule has 2 rings (SSSR count). The molecule has 1 aromatic carbocycles. The van der Waals surface area contributed by atoms with Gasteiger partial charge in [-0.2, -0.15) is 5.26 Å². The molecule has 1 aromatic heterocycles. The maximum absolute atomic E-state index is 9.17. The van der Waals surface area contributed by atoms with Crippen molar-refractivity contribution in [3.8, 4) is 6.07 Å². The van der Waals surface area contributed by atoms with Crippen LogP contribution in [0.4, 0.5) is 5.69 Å². The first kappa shape index (κ1) is 13.6. The van der Waals surface area contributed by atoms with Crippen LogP contribution >= 0.6 is 22.9 Å². The van der Waals surface area contributed by atoms with Gasteiger partial charge in [0.2, 0.25) is 0 Å². The summed E-state index contributed by atoms with van der Waals surface area (Å²) >= 11 is 7.41. The predicted molar refractivity (Wildman–Crippen MR) is 80.3 cm³/mol.